The van der Waals surface area contributed by atoms with E-state index in [-0.39, 0.29) is 6.09 Å². The first kappa shape index (κ1) is 20.2. The maximum atomic E-state index is 12.5. The molecule has 1 aromatic carbocycles. The zero-order valence-electron chi connectivity index (χ0n) is 16.8. The summed E-state index contributed by atoms with van der Waals surface area (Å²) in [6.07, 6.45) is 3.87. The predicted molar refractivity (Wildman–Crippen MR) is 117 cm³/mol. The normalized spacial score (nSPS) is 13.9. The van der Waals surface area contributed by atoms with Crippen molar-refractivity contribution in [1.82, 2.24) is 14.9 Å². The lowest BCUT2D eigenvalue weighted by molar-refractivity contribution is 0.149. The largest absolute Gasteiger partial charge is 0.415 e. The summed E-state index contributed by atoms with van der Waals surface area (Å²) in [5.41, 5.74) is 3.34. The molecular formula is C23H23ClN4O2. The summed E-state index contributed by atoms with van der Waals surface area (Å²) in [4.78, 5) is 25.1. The maximum Gasteiger partial charge on any atom is 0.415 e. The fraction of sp³-hybridized carbons (Fsp3) is 0.261. The number of ether oxygens (including phenoxy) is 1. The van der Waals surface area contributed by atoms with Crippen molar-refractivity contribution in [1.29, 1.82) is 0 Å². The molecule has 6 nitrogen and oxygen atoms in total. The molecule has 7 heteroatoms. The zero-order chi connectivity index (χ0) is 20.9. The molecule has 3 heterocycles. The van der Waals surface area contributed by atoms with Gasteiger partial charge in [0, 0.05) is 50.7 Å². The van der Waals surface area contributed by atoms with E-state index in [2.05, 4.69) is 27.9 Å². The Bertz CT molecular complexity index is 1000. The number of piperazine rings is 1. The number of anilines is 1. The number of aryl methyl sites for hydroxylation is 1. The minimum Gasteiger partial charge on any atom is -0.410 e. The topological polar surface area (TPSA) is 58.6 Å². The SMILES string of the molecule is Cc1cccnc1Cc1ccc(OC(=O)N2CCN(c3ccc(Cl)cn3)CC2)cc1. The summed E-state index contributed by atoms with van der Waals surface area (Å²) in [6, 6.07) is 15.3. The van der Waals surface area contributed by atoms with Crippen molar-refractivity contribution in [2.75, 3.05) is 31.1 Å². The molecule has 0 saturated carbocycles. The van der Waals surface area contributed by atoms with Crippen LogP contribution in [0.5, 0.6) is 5.75 Å². The number of halogens is 1. The number of pyridine rings is 2. The Labute approximate surface area is 181 Å². The van der Waals surface area contributed by atoms with E-state index in [4.69, 9.17) is 16.3 Å². The summed E-state index contributed by atoms with van der Waals surface area (Å²) < 4.78 is 5.56. The average molecular weight is 423 g/mol. The zero-order valence-corrected chi connectivity index (χ0v) is 17.5. The van der Waals surface area contributed by atoms with Crippen molar-refractivity contribution in [3.8, 4) is 5.75 Å². The second-order valence-electron chi connectivity index (χ2n) is 7.26. The number of hydrogen-bond acceptors (Lipinski definition) is 5. The number of rotatable bonds is 4. The number of hydrogen-bond donors (Lipinski definition) is 0. The van der Waals surface area contributed by atoms with Crippen LogP contribution in [0, 0.1) is 6.92 Å². The van der Waals surface area contributed by atoms with Crippen LogP contribution in [0.15, 0.2) is 60.9 Å². The van der Waals surface area contributed by atoms with Gasteiger partial charge in [-0.3, -0.25) is 4.98 Å². The fourth-order valence-corrected chi connectivity index (χ4v) is 3.52. The van der Waals surface area contributed by atoms with Crippen molar-refractivity contribution < 1.29 is 9.53 Å². The first-order valence-electron chi connectivity index (χ1n) is 9.91. The Morgan fingerprint density at radius 2 is 1.80 bits per heavy atom. The Hall–Kier alpha value is -3.12. The summed E-state index contributed by atoms with van der Waals surface area (Å²) in [6.45, 7) is 4.62. The first-order chi connectivity index (χ1) is 14.6. The Kier molecular flexibility index (Phi) is 6.14. The maximum absolute atomic E-state index is 12.5. The predicted octanol–water partition coefficient (Wildman–Crippen LogP) is 4.35. The van der Waals surface area contributed by atoms with E-state index in [0.717, 1.165) is 23.5 Å². The van der Waals surface area contributed by atoms with E-state index < -0.39 is 0 Å². The third kappa shape index (κ3) is 4.89. The van der Waals surface area contributed by atoms with E-state index in [1.807, 2.05) is 42.5 Å². The minimum absolute atomic E-state index is 0.327. The smallest absolute Gasteiger partial charge is 0.410 e. The third-order valence-corrected chi connectivity index (χ3v) is 5.42. The van der Waals surface area contributed by atoms with Gasteiger partial charge in [0.1, 0.15) is 11.6 Å². The second kappa shape index (κ2) is 9.13. The summed E-state index contributed by atoms with van der Waals surface area (Å²) in [5.74, 6) is 1.41. The highest BCUT2D eigenvalue weighted by molar-refractivity contribution is 6.30. The van der Waals surface area contributed by atoms with Crippen molar-refractivity contribution in [2.45, 2.75) is 13.3 Å². The molecule has 0 unspecified atom stereocenters. The highest BCUT2D eigenvalue weighted by Gasteiger charge is 2.23. The molecule has 0 spiro atoms. The first-order valence-corrected chi connectivity index (χ1v) is 10.3. The molecular weight excluding hydrogens is 400 g/mol. The van der Waals surface area contributed by atoms with Gasteiger partial charge in [0.05, 0.1) is 5.02 Å². The highest BCUT2D eigenvalue weighted by Crippen LogP contribution is 2.19. The fourth-order valence-electron chi connectivity index (χ4n) is 3.41. The lowest BCUT2D eigenvalue weighted by atomic mass is 10.1. The molecule has 0 N–H and O–H groups in total. The van der Waals surface area contributed by atoms with Crippen LogP contribution < -0.4 is 9.64 Å². The molecule has 1 amide bonds. The van der Waals surface area contributed by atoms with Gasteiger partial charge in [-0.2, -0.15) is 0 Å². The van der Waals surface area contributed by atoms with Crippen LogP contribution >= 0.6 is 11.6 Å². The summed E-state index contributed by atoms with van der Waals surface area (Å²) in [7, 11) is 0. The van der Waals surface area contributed by atoms with E-state index in [1.54, 1.807) is 17.3 Å². The van der Waals surface area contributed by atoms with Crippen molar-refractivity contribution >= 4 is 23.5 Å². The van der Waals surface area contributed by atoms with E-state index in [0.29, 0.717) is 37.0 Å². The van der Waals surface area contributed by atoms with Gasteiger partial charge in [0.15, 0.2) is 0 Å². The third-order valence-electron chi connectivity index (χ3n) is 5.19. The molecule has 1 fully saturated rings. The van der Waals surface area contributed by atoms with E-state index >= 15 is 0 Å². The Balaban J connectivity index is 1.30. The molecule has 0 radical (unpaired) electrons. The Morgan fingerprint density at radius 3 is 2.47 bits per heavy atom. The van der Waals surface area contributed by atoms with Gasteiger partial charge >= 0.3 is 6.09 Å². The number of benzene rings is 1. The quantitative estimate of drug-likeness (QED) is 0.625. The molecule has 3 aromatic rings. The van der Waals surface area contributed by atoms with Crippen LogP contribution in [0.1, 0.15) is 16.8 Å². The van der Waals surface area contributed by atoms with Gasteiger partial charge in [0.25, 0.3) is 0 Å². The van der Waals surface area contributed by atoms with Gasteiger partial charge in [-0.05, 0) is 48.4 Å². The van der Waals surface area contributed by atoms with Gasteiger partial charge in [0.2, 0.25) is 0 Å². The minimum atomic E-state index is -0.327. The van der Waals surface area contributed by atoms with Crippen molar-refractivity contribution in [3.63, 3.8) is 0 Å². The van der Waals surface area contributed by atoms with Crippen LogP contribution in [0.25, 0.3) is 0 Å². The number of nitrogens with zero attached hydrogens (tertiary/aromatic N) is 4. The van der Waals surface area contributed by atoms with Crippen LogP contribution in [0.2, 0.25) is 5.02 Å². The number of carbonyl (C=O) groups is 1. The number of aromatic nitrogens is 2. The average Bonchev–Trinajstić information content (AvgIpc) is 2.77. The Morgan fingerprint density at radius 1 is 1.03 bits per heavy atom. The number of carbonyl (C=O) groups excluding carboxylic acids is 1. The summed E-state index contributed by atoms with van der Waals surface area (Å²) >= 11 is 5.90. The molecule has 154 valence electrons. The van der Waals surface area contributed by atoms with E-state index in [1.165, 1.54) is 5.56 Å². The van der Waals surface area contributed by atoms with Crippen LogP contribution in [-0.4, -0.2) is 47.1 Å². The molecule has 1 aliphatic heterocycles. The molecule has 1 saturated heterocycles. The molecule has 0 bridgehead atoms. The van der Waals surface area contributed by atoms with E-state index in [9.17, 15) is 4.79 Å². The summed E-state index contributed by atoms with van der Waals surface area (Å²) in [5, 5.41) is 0.613. The van der Waals surface area contributed by atoms with Crippen LogP contribution in [0.3, 0.4) is 0 Å². The van der Waals surface area contributed by atoms with Gasteiger partial charge in [-0.1, -0.05) is 29.8 Å². The monoisotopic (exact) mass is 422 g/mol. The molecule has 1 aliphatic rings. The van der Waals surface area contributed by atoms with Crippen LogP contribution in [0.4, 0.5) is 10.6 Å². The number of amides is 1. The van der Waals surface area contributed by atoms with Crippen molar-refractivity contribution in [2.24, 2.45) is 0 Å². The molecule has 30 heavy (non-hydrogen) atoms. The lowest BCUT2D eigenvalue weighted by Gasteiger charge is -2.34. The second-order valence-corrected chi connectivity index (χ2v) is 7.70. The molecule has 2 aromatic heterocycles. The van der Waals surface area contributed by atoms with Gasteiger partial charge < -0.3 is 14.5 Å². The lowest BCUT2D eigenvalue weighted by Crippen LogP contribution is -2.49. The van der Waals surface area contributed by atoms with Gasteiger partial charge in [-0.25, -0.2) is 9.78 Å². The molecule has 0 aliphatic carbocycles. The molecule has 4 rings (SSSR count). The van der Waals surface area contributed by atoms with Crippen LogP contribution in [-0.2, 0) is 6.42 Å². The molecule has 0 atom stereocenters. The van der Waals surface area contributed by atoms with Crippen molar-refractivity contribution in [3.05, 3.63) is 82.8 Å². The standard InChI is InChI=1S/C23H23ClN4O2/c1-17-3-2-10-25-21(17)15-18-4-7-20(8-5-18)30-23(29)28-13-11-27(12-14-28)22-9-6-19(24)16-26-22/h2-10,16H,11-15H2,1H3. The van der Waals surface area contributed by atoms with Gasteiger partial charge in [-0.15, -0.1) is 0 Å². The highest BCUT2D eigenvalue weighted by atomic mass is 35.5.